The Labute approximate surface area is 205 Å². The van der Waals surface area contributed by atoms with Gasteiger partial charge in [0, 0.05) is 34.8 Å². The van der Waals surface area contributed by atoms with E-state index in [4.69, 9.17) is 4.98 Å². The normalized spacial score (nSPS) is 15.6. The van der Waals surface area contributed by atoms with E-state index in [0.29, 0.717) is 46.8 Å². The number of aromatic nitrogens is 4. The lowest BCUT2D eigenvalue weighted by atomic mass is 10.0. The molecule has 1 aliphatic rings. The predicted molar refractivity (Wildman–Crippen MR) is 134 cm³/mol. The molecule has 0 aliphatic carbocycles. The van der Waals surface area contributed by atoms with Crippen LogP contribution in [0.25, 0.3) is 21.9 Å². The highest BCUT2D eigenvalue weighted by Crippen LogP contribution is 2.37. The molecule has 5 aromatic rings. The quantitative estimate of drug-likeness (QED) is 0.313. The van der Waals surface area contributed by atoms with E-state index in [2.05, 4.69) is 20.3 Å². The molecule has 4 heterocycles. The smallest absolute Gasteiger partial charge is 0.184 e. The van der Waals surface area contributed by atoms with Crippen molar-refractivity contribution in [3.63, 3.8) is 0 Å². The molecule has 0 bridgehead atoms. The van der Waals surface area contributed by atoms with E-state index >= 15 is 0 Å². The van der Waals surface area contributed by atoms with E-state index in [1.807, 2.05) is 41.3 Å². The Morgan fingerprint density at radius 3 is 2.92 bits per heavy atom. The molecule has 1 saturated heterocycles. The van der Waals surface area contributed by atoms with E-state index in [-0.39, 0.29) is 18.4 Å². The Hall–Kier alpha value is -4.40. The van der Waals surface area contributed by atoms with E-state index < -0.39 is 11.6 Å². The zero-order valence-corrected chi connectivity index (χ0v) is 19.2. The van der Waals surface area contributed by atoms with Crippen molar-refractivity contribution in [3.8, 4) is 0 Å². The van der Waals surface area contributed by atoms with Crippen LogP contribution < -0.4 is 10.2 Å². The number of nitrogens with one attached hydrogen (secondary N) is 2. The summed E-state index contributed by atoms with van der Waals surface area (Å²) in [5.41, 5.74) is 2.94. The lowest BCUT2D eigenvalue weighted by Gasteiger charge is -2.26. The number of rotatable bonds is 6. The minimum absolute atomic E-state index is 0.0285. The molecule has 2 N–H and O–H groups in total. The highest BCUT2D eigenvalue weighted by molar-refractivity contribution is 6.09. The van der Waals surface area contributed by atoms with Crippen LogP contribution in [0.4, 0.5) is 20.4 Å². The number of benzene rings is 2. The summed E-state index contributed by atoms with van der Waals surface area (Å²) in [4.78, 5) is 31.4. The average Bonchev–Trinajstić information content (AvgIpc) is 3.56. The first-order valence-electron chi connectivity index (χ1n) is 11.7. The molecule has 9 heteroatoms. The number of pyridine rings is 1. The van der Waals surface area contributed by atoms with Gasteiger partial charge in [-0.25, -0.2) is 23.7 Å². The first-order chi connectivity index (χ1) is 17.6. The summed E-state index contributed by atoms with van der Waals surface area (Å²) in [6.07, 6.45) is 4.65. The number of carbonyl (C=O) groups is 1. The molecule has 1 atom stereocenters. The van der Waals surface area contributed by atoms with Gasteiger partial charge in [0.05, 0.1) is 18.1 Å². The SMILES string of the molecule is O=C(CNc1ncnc2ccc(N3CCC[C@@H]3c3cc(F)ccc3F)nc12)c1c[nH]c2ccccc12. The Morgan fingerprint density at radius 2 is 2.00 bits per heavy atom. The van der Waals surface area contributed by atoms with Crippen LogP contribution in [0, 0.1) is 11.6 Å². The van der Waals surface area contributed by atoms with Crippen molar-refractivity contribution in [3.05, 3.63) is 89.9 Å². The second-order valence-electron chi connectivity index (χ2n) is 8.80. The molecule has 3 aromatic heterocycles. The maximum atomic E-state index is 14.5. The van der Waals surface area contributed by atoms with Gasteiger partial charge in [0.25, 0.3) is 0 Å². The Bertz CT molecular complexity index is 1600. The minimum atomic E-state index is -0.468. The molecule has 1 aliphatic heterocycles. The number of anilines is 2. The Morgan fingerprint density at radius 1 is 1.11 bits per heavy atom. The van der Waals surface area contributed by atoms with Gasteiger partial charge in [0.15, 0.2) is 11.6 Å². The van der Waals surface area contributed by atoms with Crippen LogP contribution in [-0.4, -0.2) is 38.8 Å². The third-order valence-electron chi connectivity index (χ3n) is 6.64. The van der Waals surface area contributed by atoms with Gasteiger partial charge in [0.2, 0.25) is 0 Å². The first kappa shape index (κ1) is 22.1. The standard InChI is InChI=1S/C27H22F2N6O/c28-16-7-8-20(29)18(12-16)23-6-3-11-35(23)25-10-9-22-26(34-25)27(33-15-32-22)31-14-24(36)19-13-30-21-5-2-1-4-17(19)21/h1-2,4-5,7-10,12-13,15,23,30H,3,6,11,14H2,(H,31,32,33)/t23-/m1/s1. The van der Waals surface area contributed by atoms with Gasteiger partial charge in [-0.2, -0.15) is 0 Å². The minimum Gasteiger partial charge on any atom is -0.361 e. The topological polar surface area (TPSA) is 86.8 Å². The summed E-state index contributed by atoms with van der Waals surface area (Å²) in [5.74, 6) is 0.0637. The number of para-hydroxylation sites is 1. The van der Waals surface area contributed by atoms with Gasteiger partial charge in [-0.3, -0.25) is 4.79 Å². The summed E-state index contributed by atoms with van der Waals surface area (Å²) in [6, 6.07) is 14.5. The lowest BCUT2D eigenvalue weighted by Crippen LogP contribution is -2.24. The van der Waals surface area contributed by atoms with Crippen LogP contribution in [0.5, 0.6) is 0 Å². The molecule has 0 saturated carbocycles. The van der Waals surface area contributed by atoms with Crippen LogP contribution in [0.15, 0.2) is 67.1 Å². The summed E-state index contributed by atoms with van der Waals surface area (Å²) in [7, 11) is 0. The van der Waals surface area contributed by atoms with Gasteiger partial charge < -0.3 is 15.2 Å². The van der Waals surface area contributed by atoms with Gasteiger partial charge >= 0.3 is 0 Å². The Kier molecular flexibility index (Phi) is 5.52. The summed E-state index contributed by atoms with van der Waals surface area (Å²) < 4.78 is 28.4. The molecule has 0 unspecified atom stereocenters. The van der Waals surface area contributed by atoms with Crippen molar-refractivity contribution in [2.24, 2.45) is 0 Å². The fourth-order valence-corrected chi connectivity index (χ4v) is 4.91. The second kappa shape index (κ2) is 8.99. The molecule has 6 rings (SSSR count). The molecule has 0 amide bonds. The van der Waals surface area contributed by atoms with E-state index in [1.54, 1.807) is 6.20 Å². The number of nitrogens with zero attached hydrogens (tertiary/aromatic N) is 4. The maximum absolute atomic E-state index is 14.5. The molecule has 2 aromatic carbocycles. The van der Waals surface area contributed by atoms with Crippen LogP contribution in [0.3, 0.4) is 0 Å². The van der Waals surface area contributed by atoms with E-state index in [9.17, 15) is 13.6 Å². The Balaban J connectivity index is 1.29. The van der Waals surface area contributed by atoms with Crippen LogP contribution >= 0.6 is 0 Å². The van der Waals surface area contributed by atoms with E-state index in [0.717, 1.165) is 29.5 Å². The van der Waals surface area contributed by atoms with Crippen LogP contribution in [-0.2, 0) is 0 Å². The number of Topliss-reactive ketones (excluding diaryl/α,β-unsaturated/α-hetero) is 1. The average molecular weight is 485 g/mol. The number of carbonyl (C=O) groups excluding carboxylic acids is 1. The van der Waals surface area contributed by atoms with Crippen molar-refractivity contribution in [1.82, 2.24) is 19.9 Å². The fourth-order valence-electron chi connectivity index (χ4n) is 4.91. The summed E-state index contributed by atoms with van der Waals surface area (Å²) >= 11 is 0. The van der Waals surface area contributed by atoms with Gasteiger partial charge in [0.1, 0.15) is 29.3 Å². The number of aromatic amines is 1. The molecule has 0 radical (unpaired) electrons. The maximum Gasteiger partial charge on any atom is 0.184 e. The zero-order chi connectivity index (χ0) is 24.6. The predicted octanol–water partition coefficient (Wildman–Crippen LogP) is 5.42. The molecule has 7 nitrogen and oxygen atoms in total. The van der Waals surface area contributed by atoms with Crippen molar-refractivity contribution in [2.75, 3.05) is 23.3 Å². The summed E-state index contributed by atoms with van der Waals surface area (Å²) in [6.45, 7) is 0.690. The molecular weight excluding hydrogens is 462 g/mol. The molecular formula is C27H22F2N6O. The number of hydrogen-bond acceptors (Lipinski definition) is 6. The third kappa shape index (κ3) is 3.92. The number of H-pyrrole nitrogens is 1. The van der Waals surface area contributed by atoms with Crippen molar-refractivity contribution >= 4 is 39.4 Å². The van der Waals surface area contributed by atoms with Gasteiger partial charge in [-0.05, 0) is 49.2 Å². The van der Waals surface area contributed by atoms with Gasteiger partial charge in [-0.1, -0.05) is 18.2 Å². The molecule has 36 heavy (non-hydrogen) atoms. The van der Waals surface area contributed by atoms with Crippen molar-refractivity contribution in [1.29, 1.82) is 0 Å². The fraction of sp³-hybridized carbons (Fsp3) is 0.185. The number of ketones is 1. The van der Waals surface area contributed by atoms with E-state index in [1.165, 1.54) is 12.4 Å². The van der Waals surface area contributed by atoms with Crippen LogP contribution in [0.2, 0.25) is 0 Å². The molecule has 180 valence electrons. The second-order valence-corrected chi connectivity index (χ2v) is 8.80. The van der Waals surface area contributed by atoms with Gasteiger partial charge in [-0.15, -0.1) is 0 Å². The largest absolute Gasteiger partial charge is 0.361 e. The van der Waals surface area contributed by atoms with Crippen molar-refractivity contribution < 1.29 is 13.6 Å². The molecule has 1 fully saturated rings. The number of fused-ring (bicyclic) bond motifs is 2. The van der Waals surface area contributed by atoms with Crippen molar-refractivity contribution in [2.45, 2.75) is 18.9 Å². The molecule has 0 spiro atoms. The number of halogens is 2. The van der Waals surface area contributed by atoms with Crippen LogP contribution in [0.1, 0.15) is 34.8 Å². The third-order valence-corrected chi connectivity index (χ3v) is 6.64. The highest BCUT2D eigenvalue weighted by Gasteiger charge is 2.30. The first-order valence-corrected chi connectivity index (χ1v) is 11.7. The number of hydrogen-bond donors (Lipinski definition) is 2. The summed E-state index contributed by atoms with van der Waals surface area (Å²) in [5, 5.41) is 3.98. The monoisotopic (exact) mass is 484 g/mol. The zero-order valence-electron chi connectivity index (χ0n) is 19.2. The highest BCUT2D eigenvalue weighted by atomic mass is 19.1. The lowest BCUT2D eigenvalue weighted by molar-refractivity contribution is 0.101.